The van der Waals surface area contributed by atoms with Crippen LogP contribution in [0.3, 0.4) is 0 Å². The van der Waals surface area contributed by atoms with Gasteiger partial charge in [-0.05, 0) is 46.1 Å². The van der Waals surface area contributed by atoms with Gasteiger partial charge in [-0.1, -0.05) is 36.3 Å². The number of rotatable bonds is 2. The number of ether oxygens (including phenoxy) is 2. The molecule has 6 nitrogen and oxygen atoms in total. The van der Waals surface area contributed by atoms with Crippen molar-refractivity contribution >= 4 is 12.1 Å². The van der Waals surface area contributed by atoms with Gasteiger partial charge in [0.05, 0.1) is 6.61 Å². The number of piperidine rings is 1. The van der Waals surface area contributed by atoms with E-state index < -0.39 is 29.3 Å². The number of amides is 1. The zero-order valence-electron chi connectivity index (χ0n) is 16.3. The van der Waals surface area contributed by atoms with Crippen LogP contribution in [-0.2, 0) is 14.3 Å². The van der Waals surface area contributed by atoms with Crippen molar-refractivity contribution in [3.63, 3.8) is 0 Å². The number of hydrogen-bond acceptors (Lipinski definition) is 5. The lowest BCUT2D eigenvalue weighted by atomic mass is 9.81. The summed E-state index contributed by atoms with van der Waals surface area (Å²) in [5, 5.41) is 11.3. The van der Waals surface area contributed by atoms with Crippen LogP contribution in [0.5, 0.6) is 0 Å². The summed E-state index contributed by atoms with van der Waals surface area (Å²) in [4.78, 5) is 25.9. The van der Waals surface area contributed by atoms with Crippen molar-refractivity contribution in [3.8, 4) is 11.8 Å². The van der Waals surface area contributed by atoms with E-state index in [0.717, 1.165) is 5.56 Å². The minimum absolute atomic E-state index is 0.206. The maximum Gasteiger partial charge on any atom is 0.410 e. The van der Waals surface area contributed by atoms with Gasteiger partial charge in [0.15, 0.2) is 5.60 Å². The second kappa shape index (κ2) is 8.45. The van der Waals surface area contributed by atoms with Crippen molar-refractivity contribution in [1.29, 1.82) is 0 Å². The number of esters is 1. The van der Waals surface area contributed by atoms with E-state index in [1.165, 1.54) is 4.90 Å². The molecule has 1 aromatic carbocycles. The van der Waals surface area contributed by atoms with Gasteiger partial charge in [0.25, 0.3) is 0 Å². The molecule has 1 fully saturated rings. The van der Waals surface area contributed by atoms with Crippen LogP contribution in [0.2, 0.25) is 0 Å². The molecule has 0 spiro atoms. The topological polar surface area (TPSA) is 76.1 Å². The first kappa shape index (κ1) is 20.8. The molecule has 1 aromatic rings. The highest BCUT2D eigenvalue weighted by molar-refractivity contribution is 5.88. The number of hydrogen-bond donors (Lipinski definition) is 1. The Labute approximate surface area is 160 Å². The van der Waals surface area contributed by atoms with Crippen LogP contribution in [0.25, 0.3) is 0 Å². The van der Waals surface area contributed by atoms with Crippen molar-refractivity contribution in [1.82, 2.24) is 4.90 Å². The van der Waals surface area contributed by atoms with Crippen molar-refractivity contribution < 1.29 is 24.2 Å². The van der Waals surface area contributed by atoms with Crippen LogP contribution in [0.1, 0.15) is 52.1 Å². The Kier molecular flexibility index (Phi) is 6.50. The molecule has 1 aliphatic heterocycles. The molecule has 1 heterocycles. The van der Waals surface area contributed by atoms with Crippen molar-refractivity contribution in [3.05, 3.63) is 35.9 Å². The number of carbonyl (C=O) groups is 2. The molecule has 27 heavy (non-hydrogen) atoms. The Morgan fingerprint density at radius 2 is 1.96 bits per heavy atom. The molecule has 1 saturated heterocycles. The van der Waals surface area contributed by atoms with Crippen LogP contribution >= 0.6 is 0 Å². The van der Waals surface area contributed by atoms with E-state index >= 15 is 0 Å². The summed E-state index contributed by atoms with van der Waals surface area (Å²) in [5.74, 6) is 4.32. The Bertz CT molecular complexity index is 728. The molecule has 0 unspecified atom stereocenters. The van der Waals surface area contributed by atoms with Crippen LogP contribution in [-0.4, -0.2) is 46.4 Å². The third-order valence-corrected chi connectivity index (χ3v) is 4.12. The van der Waals surface area contributed by atoms with E-state index in [0.29, 0.717) is 19.4 Å². The summed E-state index contributed by atoms with van der Waals surface area (Å²) in [5.41, 5.74) is -1.52. The highest BCUT2D eigenvalue weighted by Gasteiger charge is 2.46. The molecule has 146 valence electrons. The number of aliphatic hydroxyl groups is 1. The second-order valence-corrected chi connectivity index (χ2v) is 7.49. The molecule has 2 atom stereocenters. The summed E-state index contributed by atoms with van der Waals surface area (Å²) < 4.78 is 10.4. The molecule has 0 aliphatic carbocycles. The van der Waals surface area contributed by atoms with Gasteiger partial charge < -0.3 is 14.6 Å². The summed E-state index contributed by atoms with van der Waals surface area (Å²) in [6, 6.07) is 8.42. The fourth-order valence-electron chi connectivity index (χ4n) is 3.11. The average Bonchev–Trinajstić information content (AvgIpc) is 2.59. The Hall–Kier alpha value is -2.52. The summed E-state index contributed by atoms with van der Waals surface area (Å²) in [7, 11) is 0. The summed E-state index contributed by atoms with van der Waals surface area (Å²) in [6.45, 7) is 7.69. The minimum Gasteiger partial charge on any atom is -0.456 e. The normalized spacial score (nSPS) is 22.4. The first-order valence-corrected chi connectivity index (χ1v) is 9.13. The molecule has 0 radical (unpaired) electrons. The van der Waals surface area contributed by atoms with Gasteiger partial charge in [-0.25, -0.2) is 9.59 Å². The predicted molar refractivity (Wildman–Crippen MR) is 101 cm³/mol. The maximum atomic E-state index is 12.8. The summed E-state index contributed by atoms with van der Waals surface area (Å²) >= 11 is 0. The zero-order chi connectivity index (χ0) is 20.1. The third kappa shape index (κ3) is 5.48. The van der Waals surface area contributed by atoms with E-state index in [1.54, 1.807) is 27.7 Å². The van der Waals surface area contributed by atoms with E-state index in [4.69, 9.17) is 9.47 Å². The second-order valence-electron chi connectivity index (χ2n) is 7.49. The average molecular weight is 373 g/mol. The first-order valence-electron chi connectivity index (χ1n) is 9.13. The van der Waals surface area contributed by atoms with Gasteiger partial charge >= 0.3 is 12.1 Å². The maximum absolute atomic E-state index is 12.8. The fraction of sp³-hybridized carbons (Fsp3) is 0.524. The lowest BCUT2D eigenvalue weighted by molar-refractivity contribution is -0.136. The molecule has 1 N–H and O–H groups in total. The zero-order valence-corrected chi connectivity index (χ0v) is 16.3. The van der Waals surface area contributed by atoms with E-state index in [1.807, 2.05) is 30.3 Å². The molecule has 0 bridgehead atoms. The fourth-order valence-corrected chi connectivity index (χ4v) is 3.11. The molecule has 0 saturated carbocycles. The van der Waals surface area contributed by atoms with Crippen molar-refractivity contribution in [2.24, 2.45) is 0 Å². The standard InChI is InChI=1S/C21H27NO5/c1-5-26-17(23)12-14-21(25)13-9-15-22(19(24)27-20(2,3)4)18(21)16-10-7-6-8-11-16/h6-8,10-11,18,25H,5,9,13,15H2,1-4H3/t18-,21+/m0/s1. The Balaban J connectivity index is 2.43. The monoisotopic (exact) mass is 373 g/mol. The van der Waals surface area contributed by atoms with Gasteiger partial charge in [-0.3, -0.25) is 4.90 Å². The lowest BCUT2D eigenvalue weighted by Gasteiger charge is -2.44. The van der Waals surface area contributed by atoms with Gasteiger partial charge in [0.1, 0.15) is 11.6 Å². The lowest BCUT2D eigenvalue weighted by Crippen LogP contribution is -2.53. The molecule has 2 rings (SSSR count). The highest BCUT2D eigenvalue weighted by atomic mass is 16.6. The molecule has 1 aliphatic rings. The van der Waals surface area contributed by atoms with Gasteiger partial charge in [-0.15, -0.1) is 0 Å². The SMILES string of the molecule is CCOC(=O)C#C[C@]1(O)CCCN(C(=O)OC(C)(C)C)[C@H]1c1ccccc1. The van der Waals surface area contributed by atoms with Crippen LogP contribution < -0.4 is 0 Å². The van der Waals surface area contributed by atoms with Crippen LogP contribution in [0.4, 0.5) is 4.79 Å². The summed E-state index contributed by atoms with van der Waals surface area (Å²) in [6.07, 6.45) is 0.349. The number of carbonyl (C=O) groups excluding carboxylic acids is 2. The van der Waals surface area contributed by atoms with Gasteiger partial charge in [-0.2, -0.15) is 0 Å². The number of nitrogens with zero attached hydrogens (tertiary/aromatic N) is 1. The van der Waals surface area contributed by atoms with Crippen LogP contribution in [0, 0.1) is 11.8 Å². The minimum atomic E-state index is -1.58. The molecule has 0 aromatic heterocycles. The van der Waals surface area contributed by atoms with Crippen molar-refractivity contribution in [2.75, 3.05) is 13.2 Å². The first-order chi connectivity index (χ1) is 12.7. The van der Waals surface area contributed by atoms with Crippen molar-refractivity contribution in [2.45, 2.75) is 57.8 Å². The smallest absolute Gasteiger partial charge is 0.410 e. The number of benzene rings is 1. The van der Waals surface area contributed by atoms with Gasteiger partial charge in [0, 0.05) is 12.5 Å². The molecule has 6 heteroatoms. The Morgan fingerprint density at radius 3 is 2.56 bits per heavy atom. The van der Waals surface area contributed by atoms with Crippen LogP contribution in [0.15, 0.2) is 30.3 Å². The third-order valence-electron chi connectivity index (χ3n) is 4.12. The highest BCUT2D eigenvalue weighted by Crippen LogP contribution is 2.39. The quantitative estimate of drug-likeness (QED) is 0.490. The molecule has 1 amide bonds. The number of likely N-dealkylation sites (tertiary alicyclic amines) is 1. The largest absolute Gasteiger partial charge is 0.456 e. The van der Waals surface area contributed by atoms with E-state index in [2.05, 4.69) is 11.8 Å². The van der Waals surface area contributed by atoms with E-state index in [-0.39, 0.29) is 6.61 Å². The molecular formula is C21H27NO5. The molecular weight excluding hydrogens is 346 g/mol. The predicted octanol–water partition coefficient (Wildman–Crippen LogP) is 3.06. The Morgan fingerprint density at radius 1 is 1.30 bits per heavy atom. The van der Waals surface area contributed by atoms with Gasteiger partial charge in [0.2, 0.25) is 0 Å². The van der Waals surface area contributed by atoms with E-state index in [9.17, 15) is 14.7 Å².